The SMILES string of the molecule is CCC1CNC(c2ccccc2)CN1C(CC)C(C)C. The van der Waals surface area contributed by atoms with Crippen molar-refractivity contribution in [2.75, 3.05) is 13.1 Å². The third kappa shape index (κ3) is 3.42. The van der Waals surface area contributed by atoms with Crippen LogP contribution in [0.15, 0.2) is 30.3 Å². The predicted molar refractivity (Wildman–Crippen MR) is 86.9 cm³/mol. The zero-order valence-corrected chi connectivity index (χ0v) is 13.5. The summed E-state index contributed by atoms with van der Waals surface area (Å²) >= 11 is 0. The number of nitrogens with zero attached hydrogens (tertiary/aromatic N) is 1. The van der Waals surface area contributed by atoms with Crippen molar-refractivity contribution in [2.24, 2.45) is 5.92 Å². The van der Waals surface area contributed by atoms with E-state index in [-0.39, 0.29) is 0 Å². The van der Waals surface area contributed by atoms with Crippen molar-refractivity contribution >= 4 is 0 Å². The van der Waals surface area contributed by atoms with Gasteiger partial charge in [0.05, 0.1) is 0 Å². The molecule has 1 saturated heterocycles. The Morgan fingerprint density at radius 3 is 2.45 bits per heavy atom. The van der Waals surface area contributed by atoms with Crippen molar-refractivity contribution < 1.29 is 0 Å². The summed E-state index contributed by atoms with van der Waals surface area (Å²) in [6.45, 7) is 11.6. The highest BCUT2D eigenvalue weighted by atomic mass is 15.3. The summed E-state index contributed by atoms with van der Waals surface area (Å²) in [4.78, 5) is 2.76. The van der Waals surface area contributed by atoms with Crippen LogP contribution >= 0.6 is 0 Å². The average molecular weight is 274 g/mol. The second-order valence-corrected chi connectivity index (χ2v) is 6.35. The second kappa shape index (κ2) is 7.24. The van der Waals surface area contributed by atoms with Crippen LogP contribution in [0.3, 0.4) is 0 Å². The number of hydrogen-bond donors (Lipinski definition) is 1. The monoisotopic (exact) mass is 274 g/mol. The molecule has 20 heavy (non-hydrogen) atoms. The molecular formula is C18H30N2. The largest absolute Gasteiger partial charge is 0.307 e. The molecule has 1 aromatic rings. The maximum atomic E-state index is 3.74. The van der Waals surface area contributed by atoms with E-state index >= 15 is 0 Å². The molecule has 0 amide bonds. The molecule has 0 bridgehead atoms. The Balaban J connectivity index is 2.15. The van der Waals surface area contributed by atoms with Gasteiger partial charge in [-0.2, -0.15) is 0 Å². The van der Waals surface area contributed by atoms with Crippen LogP contribution in [0.25, 0.3) is 0 Å². The summed E-state index contributed by atoms with van der Waals surface area (Å²) in [5, 5.41) is 3.74. The standard InChI is InChI=1S/C18H30N2/c1-5-16-12-19-17(15-10-8-7-9-11-15)13-20(16)18(6-2)14(3)4/h7-11,14,16-19H,5-6,12-13H2,1-4H3. The molecule has 1 aliphatic rings. The molecule has 3 atom stereocenters. The summed E-state index contributed by atoms with van der Waals surface area (Å²) < 4.78 is 0. The van der Waals surface area contributed by atoms with Gasteiger partial charge in [-0.3, -0.25) is 4.90 Å². The van der Waals surface area contributed by atoms with Crippen LogP contribution in [0.5, 0.6) is 0 Å². The number of benzene rings is 1. The molecule has 112 valence electrons. The minimum atomic E-state index is 0.479. The first-order chi connectivity index (χ1) is 9.67. The molecule has 0 radical (unpaired) electrons. The van der Waals surface area contributed by atoms with Crippen molar-refractivity contribution in [2.45, 2.75) is 58.7 Å². The highest BCUT2D eigenvalue weighted by molar-refractivity contribution is 5.20. The van der Waals surface area contributed by atoms with Crippen LogP contribution in [0.2, 0.25) is 0 Å². The Morgan fingerprint density at radius 1 is 1.20 bits per heavy atom. The van der Waals surface area contributed by atoms with Crippen LogP contribution in [-0.2, 0) is 0 Å². The summed E-state index contributed by atoms with van der Waals surface area (Å²) in [6.07, 6.45) is 2.48. The smallest absolute Gasteiger partial charge is 0.0450 e. The highest BCUT2D eigenvalue weighted by Gasteiger charge is 2.32. The molecule has 2 rings (SSSR count). The summed E-state index contributed by atoms with van der Waals surface area (Å²) in [5.41, 5.74) is 1.42. The molecule has 1 aliphatic heterocycles. The Hall–Kier alpha value is -0.860. The van der Waals surface area contributed by atoms with Gasteiger partial charge in [0.2, 0.25) is 0 Å². The number of nitrogens with one attached hydrogen (secondary N) is 1. The van der Waals surface area contributed by atoms with Gasteiger partial charge in [-0.1, -0.05) is 58.0 Å². The maximum absolute atomic E-state index is 3.74. The lowest BCUT2D eigenvalue weighted by atomic mass is 9.93. The first-order valence-electron chi connectivity index (χ1n) is 8.21. The summed E-state index contributed by atoms with van der Waals surface area (Å²) in [5.74, 6) is 0.726. The molecule has 1 aromatic carbocycles. The molecule has 2 heteroatoms. The Labute approximate surface area is 124 Å². The third-order valence-electron chi connectivity index (χ3n) is 4.75. The van der Waals surface area contributed by atoms with E-state index in [9.17, 15) is 0 Å². The zero-order chi connectivity index (χ0) is 14.5. The molecule has 0 aliphatic carbocycles. The van der Waals surface area contributed by atoms with E-state index in [0.717, 1.165) is 19.0 Å². The Morgan fingerprint density at radius 2 is 1.90 bits per heavy atom. The maximum Gasteiger partial charge on any atom is 0.0450 e. The van der Waals surface area contributed by atoms with E-state index in [4.69, 9.17) is 0 Å². The summed E-state index contributed by atoms with van der Waals surface area (Å²) in [7, 11) is 0. The number of hydrogen-bond acceptors (Lipinski definition) is 2. The third-order valence-corrected chi connectivity index (χ3v) is 4.75. The lowest BCUT2D eigenvalue weighted by Gasteiger charge is -2.46. The van der Waals surface area contributed by atoms with Gasteiger partial charge in [-0.05, 0) is 24.3 Å². The minimum absolute atomic E-state index is 0.479. The molecule has 0 saturated carbocycles. The van der Waals surface area contributed by atoms with Gasteiger partial charge in [0.1, 0.15) is 0 Å². The number of rotatable bonds is 5. The van der Waals surface area contributed by atoms with Gasteiger partial charge >= 0.3 is 0 Å². The zero-order valence-electron chi connectivity index (χ0n) is 13.5. The first-order valence-corrected chi connectivity index (χ1v) is 8.21. The fourth-order valence-electron chi connectivity index (χ4n) is 3.60. The van der Waals surface area contributed by atoms with Crippen molar-refractivity contribution in [3.05, 3.63) is 35.9 Å². The Bertz CT molecular complexity index is 388. The van der Waals surface area contributed by atoms with Gasteiger partial charge in [-0.25, -0.2) is 0 Å². The average Bonchev–Trinajstić information content (AvgIpc) is 2.48. The Kier molecular flexibility index (Phi) is 5.62. The van der Waals surface area contributed by atoms with E-state index in [1.807, 2.05) is 0 Å². The van der Waals surface area contributed by atoms with Crippen molar-refractivity contribution in [3.8, 4) is 0 Å². The van der Waals surface area contributed by atoms with Crippen LogP contribution in [0.1, 0.15) is 52.1 Å². The summed E-state index contributed by atoms with van der Waals surface area (Å²) in [6, 6.07) is 12.8. The normalized spacial score (nSPS) is 25.9. The fraction of sp³-hybridized carbons (Fsp3) is 0.667. The van der Waals surface area contributed by atoms with Crippen LogP contribution in [0, 0.1) is 5.92 Å². The topological polar surface area (TPSA) is 15.3 Å². The quantitative estimate of drug-likeness (QED) is 0.877. The molecule has 0 aromatic heterocycles. The van der Waals surface area contributed by atoms with Crippen LogP contribution < -0.4 is 5.32 Å². The lowest BCUT2D eigenvalue weighted by molar-refractivity contribution is 0.0537. The van der Waals surface area contributed by atoms with Crippen molar-refractivity contribution in [1.82, 2.24) is 10.2 Å². The van der Waals surface area contributed by atoms with E-state index in [1.54, 1.807) is 0 Å². The van der Waals surface area contributed by atoms with Gasteiger partial charge in [-0.15, -0.1) is 0 Å². The van der Waals surface area contributed by atoms with E-state index < -0.39 is 0 Å². The molecular weight excluding hydrogens is 244 g/mol. The van der Waals surface area contributed by atoms with Crippen molar-refractivity contribution in [3.63, 3.8) is 0 Å². The van der Waals surface area contributed by atoms with Gasteiger partial charge in [0, 0.05) is 31.2 Å². The van der Waals surface area contributed by atoms with E-state index in [2.05, 4.69) is 68.2 Å². The van der Waals surface area contributed by atoms with Gasteiger partial charge in [0.25, 0.3) is 0 Å². The molecule has 1 N–H and O–H groups in total. The van der Waals surface area contributed by atoms with Crippen molar-refractivity contribution in [1.29, 1.82) is 0 Å². The van der Waals surface area contributed by atoms with E-state index in [1.165, 1.54) is 18.4 Å². The molecule has 2 nitrogen and oxygen atoms in total. The van der Waals surface area contributed by atoms with Gasteiger partial charge < -0.3 is 5.32 Å². The van der Waals surface area contributed by atoms with Crippen LogP contribution in [-0.4, -0.2) is 30.1 Å². The molecule has 1 fully saturated rings. The van der Waals surface area contributed by atoms with E-state index in [0.29, 0.717) is 18.1 Å². The van der Waals surface area contributed by atoms with Crippen LogP contribution in [0.4, 0.5) is 0 Å². The molecule has 0 spiro atoms. The van der Waals surface area contributed by atoms with Gasteiger partial charge in [0.15, 0.2) is 0 Å². The highest BCUT2D eigenvalue weighted by Crippen LogP contribution is 2.26. The lowest BCUT2D eigenvalue weighted by Crippen LogP contribution is -2.57. The minimum Gasteiger partial charge on any atom is -0.307 e. The fourth-order valence-corrected chi connectivity index (χ4v) is 3.60. The second-order valence-electron chi connectivity index (χ2n) is 6.35. The molecule has 1 heterocycles. The predicted octanol–water partition coefficient (Wildman–Crippen LogP) is 3.85. The first kappa shape index (κ1) is 15.5. The number of piperazine rings is 1. The molecule has 3 unspecified atom stereocenters.